The van der Waals surface area contributed by atoms with Gasteiger partial charge in [0.15, 0.2) is 4.77 Å². The van der Waals surface area contributed by atoms with Crippen molar-refractivity contribution in [3.63, 3.8) is 0 Å². The number of fused-ring (bicyclic) bond motifs is 1. The first-order valence-corrected chi connectivity index (χ1v) is 7.96. The minimum absolute atomic E-state index is 0.357. The molecule has 116 valence electrons. The van der Waals surface area contributed by atoms with Gasteiger partial charge in [-0.15, -0.1) is 0 Å². The number of ether oxygens (including phenoxy) is 1. The standard InChI is InChI=1S/C16H25N3OS/c1-5-11-20-14-8-6-7-13-15(14)17-16(21)19(13)12(2)9-10-18(3)4/h6-8,12H,5,9-11H2,1-4H3,(H,17,21). The molecule has 2 rings (SSSR count). The van der Waals surface area contributed by atoms with E-state index in [1.54, 1.807) is 0 Å². The molecule has 21 heavy (non-hydrogen) atoms. The van der Waals surface area contributed by atoms with Crippen LogP contribution in [-0.4, -0.2) is 41.7 Å². The molecule has 4 nitrogen and oxygen atoms in total. The van der Waals surface area contributed by atoms with Crippen molar-refractivity contribution in [2.75, 3.05) is 27.2 Å². The van der Waals surface area contributed by atoms with Gasteiger partial charge in [0.25, 0.3) is 0 Å². The van der Waals surface area contributed by atoms with E-state index in [1.807, 2.05) is 12.1 Å². The Kier molecular flexibility index (Phi) is 5.42. The Hall–Kier alpha value is -1.33. The normalized spacial score (nSPS) is 13.0. The van der Waals surface area contributed by atoms with Crippen LogP contribution in [0.5, 0.6) is 5.75 Å². The van der Waals surface area contributed by atoms with Gasteiger partial charge in [0.1, 0.15) is 11.3 Å². The van der Waals surface area contributed by atoms with Gasteiger partial charge in [0.05, 0.1) is 12.1 Å². The van der Waals surface area contributed by atoms with E-state index in [9.17, 15) is 0 Å². The Bertz CT molecular complexity index is 644. The quantitative estimate of drug-likeness (QED) is 0.785. The number of benzene rings is 1. The number of aromatic nitrogens is 2. The molecule has 1 aromatic heterocycles. The molecule has 0 fully saturated rings. The van der Waals surface area contributed by atoms with Crippen LogP contribution in [0.4, 0.5) is 0 Å². The molecule has 0 bridgehead atoms. The zero-order chi connectivity index (χ0) is 15.4. The van der Waals surface area contributed by atoms with Crippen LogP contribution in [0.25, 0.3) is 11.0 Å². The van der Waals surface area contributed by atoms with Gasteiger partial charge < -0.3 is 19.2 Å². The number of aromatic amines is 1. The second-order valence-corrected chi connectivity index (χ2v) is 6.13. The predicted molar refractivity (Wildman–Crippen MR) is 90.8 cm³/mol. The van der Waals surface area contributed by atoms with E-state index >= 15 is 0 Å². The molecule has 0 aliphatic rings. The van der Waals surface area contributed by atoms with Crippen molar-refractivity contribution < 1.29 is 4.74 Å². The van der Waals surface area contributed by atoms with E-state index in [0.717, 1.165) is 47.5 Å². The largest absolute Gasteiger partial charge is 0.491 e. The molecule has 1 unspecified atom stereocenters. The molecule has 0 aliphatic heterocycles. The first-order valence-electron chi connectivity index (χ1n) is 7.55. The number of hydrogen-bond acceptors (Lipinski definition) is 3. The van der Waals surface area contributed by atoms with Crippen LogP contribution in [-0.2, 0) is 0 Å². The number of nitrogens with zero attached hydrogens (tertiary/aromatic N) is 2. The van der Waals surface area contributed by atoms with Crippen LogP contribution in [0.1, 0.15) is 32.7 Å². The Morgan fingerprint density at radius 1 is 1.38 bits per heavy atom. The van der Waals surface area contributed by atoms with Crippen molar-refractivity contribution in [2.45, 2.75) is 32.7 Å². The van der Waals surface area contributed by atoms with Gasteiger partial charge in [0.2, 0.25) is 0 Å². The summed E-state index contributed by atoms with van der Waals surface area (Å²) in [6.45, 7) is 6.09. The highest BCUT2D eigenvalue weighted by Crippen LogP contribution is 2.28. The molecular formula is C16H25N3OS. The average Bonchev–Trinajstić information content (AvgIpc) is 2.79. The Morgan fingerprint density at radius 2 is 2.14 bits per heavy atom. The number of nitrogens with one attached hydrogen (secondary N) is 1. The molecular weight excluding hydrogens is 282 g/mol. The first kappa shape index (κ1) is 16.0. The summed E-state index contributed by atoms with van der Waals surface area (Å²) in [5.74, 6) is 0.888. The second-order valence-electron chi connectivity index (χ2n) is 5.74. The lowest BCUT2D eigenvalue weighted by atomic mass is 10.2. The second kappa shape index (κ2) is 7.09. The summed E-state index contributed by atoms with van der Waals surface area (Å²) in [7, 11) is 4.19. The molecule has 0 saturated carbocycles. The summed E-state index contributed by atoms with van der Waals surface area (Å²) in [5, 5.41) is 0. The Morgan fingerprint density at radius 3 is 2.81 bits per heavy atom. The van der Waals surface area contributed by atoms with Crippen LogP contribution < -0.4 is 4.74 Å². The lowest BCUT2D eigenvalue weighted by molar-refractivity contribution is 0.320. The van der Waals surface area contributed by atoms with E-state index in [0.29, 0.717) is 6.04 Å². The van der Waals surface area contributed by atoms with Gasteiger partial charge in [-0.3, -0.25) is 0 Å². The van der Waals surface area contributed by atoms with Crippen molar-refractivity contribution in [1.29, 1.82) is 0 Å². The number of imidazole rings is 1. The molecule has 1 heterocycles. The summed E-state index contributed by atoms with van der Waals surface area (Å²) < 4.78 is 8.78. The van der Waals surface area contributed by atoms with E-state index in [1.165, 1.54) is 0 Å². The highest BCUT2D eigenvalue weighted by atomic mass is 32.1. The fourth-order valence-corrected chi connectivity index (χ4v) is 2.85. The van der Waals surface area contributed by atoms with E-state index in [2.05, 4.69) is 48.5 Å². The van der Waals surface area contributed by atoms with Crippen molar-refractivity contribution in [3.05, 3.63) is 23.0 Å². The fraction of sp³-hybridized carbons (Fsp3) is 0.562. The van der Waals surface area contributed by atoms with Gasteiger partial charge >= 0.3 is 0 Å². The monoisotopic (exact) mass is 307 g/mol. The Labute approximate surface area is 131 Å². The van der Waals surface area contributed by atoms with Crippen LogP contribution in [0, 0.1) is 4.77 Å². The summed E-state index contributed by atoms with van der Waals surface area (Å²) in [6.07, 6.45) is 2.06. The molecule has 0 amide bonds. The van der Waals surface area contributed by atoms with Crippen LogP contribution >= 0.6 is 12.2 Å². The maximum Gasteiger partial charge on any atom is 0.178 e. The van der Waals surface area contributed by atoms with Crippen LogP contribution in [0.2, 0.25) is 0 Å². The minimum atomic E-state index is 0.357. The summed E-state index contributed by atoms with van der Waals surface area (Å²) in [4.78, 5) is 5.51. The number of H-pyrrole nitrogens is 1. The molecule has 1 atom stereocenters. The number of rotatable bonds is 7. The first-order chi connectivity index (χ1) is 10.0. The molecule has 1 N–H and O–H groups in total. The highest BCUT2D eigenvalue weighted by Gasteiger charge is 2.14. The van der Waals surface area contributed by atoms with Gasteiger partial charge in [-0.05, 0) is 64.8 Å². The third-order valence-electron chi connectivity index (χ3n) is 3.61. The predicted octanol–water partition coefficient (Wildman–Crippen LogP) is 4.00. The molecule has 0 spiro atoms. The molecule has 1 aromatic carbocycles. The van der Waals surface area contributed by atoms with E-state index in [-0.39, 0.29) is 0 Å². The molecule has 0 saturated heterocycles. The maximum absolute atomic E-state index is 5.82. The summed E-state index contributed by atoms with van der Waals surface area (Å²) in [5.41, 5.74) is 2.13. The van der Waals surface area contributed by atoms with Crippen molar-refractivity contribution in [3.8, 4) is 5.75 Å². The zero-order valence-corrected chi connectivity index (χ0v) is 14.2. The van der Waals surface area contributed by atoms with Crippen LogP contribution in [0.3, 0.4) is 0 Å². The molecule has 0 aliphatic carbocycles. The lowest BCUT2D eigenvalue weighted by Crippen LogP contribution is -2.17. The fourth-order valence-electron chi connectivity index (χ4n) is 2.47. The van der Waals surface area contributed by atoms with Crippen molar-refractivity contribution >= 4 is 23.3 Å². The third kappa shape index (κ3) is 3.66. The third-order valence-corrected chi connectivity index (χ3v) is 3.91. The Balaban J connectivity index is 2.36. The topological polar surface area (TPSA) is 33.2 Å². The van der Waals surface area contributed by atoms with E-state index in [4.69, 9.17) is 17.0 Å². The van der Waals surface area contributed by atoms with Gasteiger partial charge in [-0.25, -0.2) is 0 Å². The van der Waals surface area contributed by atoms with Crippen molar-refractivity contribution in [2.24, 2.45) is 0 Å². The zero-order valence-electron chi connectivity index (χ0n) is 13.3. The lowest BCUT2D eigenvalue weighted by Gasteiger charge is -2.17. The number of hydrogen-bond donors (Lipinski definition) is 1. The molecule has 5 heteroatoms. The number of para-hydroxylation sites is 1. The average molecular weight is 307 g/mol. The summed E-state index contributed by atoms with van der Waals surface area (Å²) >= 11 is 5.52. The molecule has 0 radical (unpaired) electrons. The van der Waals surface area contributed by atoms with Crippen LogP contribution in [0.15, 0.2) is 18.2 Å². The van der Waals surface area contributed by atoms with Crippen molar-refractivity contribution in [1.82, 2.24) is 14.5 Å². The van der Waals surface area contributed by atoms with Gasteiger partial charge in [0, 0.05) is 6.04 Å². The molecule has 2 aromatic rings. The smallest absolute Gasteiger partial charge is 0.178 e. The van der Waals surface area contributed by atoms with Gasteiger partial charge in [-0.2, -0.15) is 0 Å². The SMILES string of the molecule is CCCOc1cccc2c1[nH]c(=S)n2C(C)CCN(C)C. The maximum atomic E-state index is 5.82. The van der Waals surface area contributed by atoms with E-state index < -0.39 is 0 Å². The highest BCUT2D eigenvalue weighted by molar-refractivity contribution is 7.71. The summed E-state index contributed by atoms with van der Waals surface area (Å²) in [6, 6.07) is 6.49. The van der Waals surface area contributed by atoms with Gasteiger partial charge in [-0.1, -0.05) is 13.0 Å². The minimum Gasteiger partial charge on any atom is -0.491 e.